The summed E-state index contributed by atoms with van der Waals surface area (Å²) < 4.78 is 43.3. The normalized spacial score (nSPS) is 16.6. The van der Waals surface area contributed by atoms with Crippen molar-refractivity contribution >= 4 is 23.2 Å². The average Bonchev–Trinajstić information content (AvgIpc) is 3.26. The molecule has 10 heteroatoms. The lowest BCUT2D eigenvalue weighted by Crippen LogP contribution is -2.42. The fraction of sp³-hybridized carbons (Fsp3) is 0.348. The van der Waals surface area contributed by atoms with Crippen LogP contribution in [0.5, 0.6) is 0 Å². The van der Waals surface area contributed by atoms with Crippen molar-refractivity contribution in [2.24, 2.45) is 0 Å². The van der Waals surface area contributed by atoms with Gasteiger partial charge in [-0.25, -0.2) is 0 Å². The molecule has 1 atom stereocenters. The number of benzene rings is 2. The van der Waals surface area contributed by atoms with Crippen LogP contribution in [0.3, 0.4) is 0 Å². The molecule has 4 rings (SSSR count). The summed E-state index contributed by atoms with van der Waals surface area (Å²) in [6, 6.07) is 9.83. The van der Waals surface area contributed by atoms with Gasteiger partial charge in [0.15, 0.2) is 0 Å². The number of hydrogen-bond donors (Lipinski definition) is 1. The maximum Gasteiger partial charge on any atom is 0.416 e. The van der Waals surface area contributed by atoms with Crippen molar-refractivity contribution in [3.8, 4) is 11.4 Å². The minimum atomic E-state index is -4.40. The van der Waals surface area contributed by atoms with Gasteiger partial charge in [0, 0.05) is 23.8 Å². The Bertz CT molecular complexity index is 1130. The molecule has 0 radical (unpaired) electrons. The number of halogens is 4. The van der Waals surface area contributed by atoms with Gasteiger partial charge in [-0.05, 0) is 56.5 Å². The van der Waals surface area contributed by atoms with Gasteiger partial charge >= 0.3 is 6.18 Å². The Balaban J connectivity index is 1.39. The van der Waals surface area contributed by atoms with E-state index < -0.39 is 11.7 Å². The summed E-state index contributed by atoms with van der Waals surface area (Å²) in [5.74, 6) is 0.371. The van der Waals surface area contributed by atoms with E-state index in [4.69, 9.17) is 16.1 Å². The van der Waals surface area contributed by atoms with E-state index in [0.29, 0.717) is 21.8 Å². The Labute approximate surface area is 193 Å². The molecule has 2 aromatic carbocycles. The maximum absolute atomic E-state index is 12.9. The number of rotatable bonds is 5. The van der Waals surface area contributed by atoms with E-state index in [9.17, 15) is 18.0 Å². The van der Waals surface area contributed by atoms with Crippen LogP contribution in [-0.2, 0) is 12.7 Å². The fourth-order valence-electron chi connectivity index (χ4n) is 3.78. The largest absolute Gasteiger partial charge is 0.416 e. The molecule has 0 aliphatic carbocycles. The van der Waals surface area contributed by atoms with E-state index in [2.05, 4.69) is 15.5 Å². The Morgan fingerprint density at radius 2 is 1.97 bits per heavy atom. The molecule has 33 heavy (non-hydrogen) atoms. The second-order valence-corrected chi connectivity index (χ2v) is 8.39. The summed E-state index contributed by atoms with van der Waals surface area (Å²) in [6.45, 7) is 2.96. The fourth-order valence-corrected chi connectivity index (χ4v) is 4.04. The third kappa shape index (κ3) is 5.30. The van der Waals surface area contributed by atoms with E-state index in [1.54, 1.807) is 18.2 Å². The van der Waals surface area contributed by atoms with Gasteiger partial charge in [0.05, 0.1) is 22.7 Å². The molecule has 1 unspecified atom stereocenters. The summed E-state index contributed by atoms with van der Waals surface area (Å²) in [5, 5.41) is 7.26. The van der Waals surface area contributed by atoms with E-state index in [-0.39, 0.29) is 30.2 Å². The number of aromatic nitrogens is 2. The summed E-state index contributed by atoms with van der Waals surface area (Å²) >= 11 is 6.38. The van der Waals surface area contributed by atoms with Crippen molar-refractivity contribution in [3.63, 3.8) is 0 Å². The second kappa shape index (κ2) is 9.43. The number of carbonyl (C=O) groups is 1. The molecule has 1 aromatic heterocycles. The number of piperidine rings is 1. The van der Waals surface area contributed by atoms with Gasteiger partial charge in [-0.2, -0.15) is 18.2 Å². The van der Waals surface area contributed by atoms with Gasteiger partial charge in [-0.15, -0.1) is 0 Å². The SMILES string of the molecule is CC1CCCCN1C(=O)c1ccc(NCc2nc(-c3ccc(C(F)(F)F)cc3)no2)cc1Cl. The van der Waals surface area contributed by atoms with Crippen molar-refractivity contribution < 1.29 is 22.5 Å². The van der Waals surface area contributed by atoms with Crippen molar-refractivity contribution in [2.45, 2.75) is 44.9 Å². The maximum atomic E-state index is 12.9. The van der Waals surface area contributed by atoms with Crippen LogP contribution >= 0.6 is 11.6 Å². The molecular weight excluding hydrogens is 457 g/mol. The number of alkyl halides is 3. The molecule has 1 aliphatic heterocycles. The summed E-state index contributed by atoms with van der Waals surface area (Å²) in [5.41, 5.74) is 0.789. The van der Waals surface area contributed by atoms with Gasteiger partial charge in [0.1, 0.15) is 0 Å². The summed E-state index contributed by atoms with van der Waals surface area (Å²) in [6.07, 6.45) is -1.30. The Morgan fingerprint density at radius 3 is 2.64 bits per heavy atom. The van der Waals surface area contributed by atoms with Gasteiger partial charge in [0.2, 0.25) is 11.7 Å². The van der Waals surface area contributed by atoms with E-state index in [1.165, 1.54) is 12.1 Å². The van der Waals surface area contributed by atoms with Crippen molar-refractivity contribution in [2.75, 3.05) is 11.9 Å². The van der Waals surface area contributed by atoms with Crippen LogP contribution in [-0.4, -0.2) is 33.5 Å². The molecule has 174 valence electrons. The second-order valence-electron chi connectivity index (χ2n) is 7.98. The van der Waals surface area contributed by atoms with Crippen molar-refractivity contribution in [1.29, 1.82) is 0 Å². The van der Waals surface area contributed by atoms with Crippen LogP contribution in [0.15, 0.2) is 47.0 Å². The lowest BCUT2D eigenvalue weighted by molar-refractivity contribution is -0.137. The molecule has 6 nitrogen and oxygen atoms in total. The molecule has 3 aromatic rings. The first-order valence-corrected chi connectivity index (χ1v) is 10.9. The number of hydrogen-bond acceptors (Lipinski definition) is 5. The van der Waals surface area contributed by atoms with Crippen molar-refractivity contribution in [3.05, 3.63) is 64.5 Å². The molecule has 0 saturated carbocycles. The zero-order chi connectivity index (χ0) is 23.6. The Hall–Kier alpha value is -3.07. The number of likely N-dealkylation sites (tertiary alicyclic amines) is 1. The summed E-state index contributed by atoms with van der Waals surface area (Å²) in [7, 11) is 0. The highest BCUT2D eigenvalue weighted by Gasteiger charge is 2.30. The molecule has 1 amide bonds. The summed E-state index contributed by atoms with van der Waals surface area (Å²) in [4.78, 5) is 18.9. The van der Waals surface area contributed by atoms with Gasteiger partial charge in [0.25, 0.3) is 5.91 Å². The molecule has 1 aliphatic rings. The topological polar surface area (TPSA) is 71.3 Å². The van der Waals surface area contributed by atoms with E-state index >= 15 is 0 Å². The van der Waals surface area contributed by atoms with Gasteiger partial charge < -0.3 is 14.7 Å². The van der Waals surface area contributed by atoms with Crippen LogP contribution in [0, 0.1) is 0 Å². The number of nitrogens with zero attached hydrogens (tertiary/aromatic N) is 3. The third-order valence-corrected chi connectivity index (χ3v) is 5.96. The minimum absolute atomic E-state index is 0.0724. The van der Waals surface area contributed by atoms with Gasteiger partial charge in [-0.1, -0.05) is 28.9 Å². The molecule has 1 N–H and O–H groups in total. The van der Waals surface area contributed by atoms with E-state index in [0.717, 1.165) is 37.9 Å². The Kier molecular flexibility index (Phi) is 6.60. The van der Waals surface area contributed by atoms with Crippen LogP contribution in [0.1, 0.15) is 48.0 Å². The standard InChI is InChI=1S/C23H22ClF3N4O2/c1-14-4-2-3-11-31(14)22(32)18-10-9-17(12-19(18)24)28-13-20-29-21(30-33-20)15-5-7-16(8-6-15)23(25,26)27/h5-10,12,14,28H,2-4,11,13H2,1H3. The smallest absolute Gasteiger partial charge is 0.376 e. The Morgan fingerprint density at radius 1 is 1.21 bits per heavy atom. The molecule has 2 heterocycles. The van der Waals surface area contributed by atoms with E-state index in [1.807, 2.05) is 11.8 Å². The predicted molar refractivity (Wildman–Crippen MR) is 118 cm³/mol. The number of amides is 1. The third-order valence-electron chi connectivity index (χ3n) is 5.65. The first kappa shape index (κ1) is 23.1. The first-order valence-electron chi connectivity index (χ1n) is 10.6. The zero-order valence-corrected chi connectivity index (χ0v) is 18.6. The van der Waals surface area contributed by atoms with Crippen LogP contribution in [0.4, 0.5) is 18.9 Å². The molecule has 1 fully saturated rings. The van der Waals surface area contributed by atoms with Crippen LogP contribution < -0.4 is 5.32 Å². The number of anilines is 1. The lowest BCUT2D eigenvalue weighted by atomic mass is 10.0. The molecule has 0 bridgehead atoms. The average molecular weight is 479 g/mol. The molecule has 0 spiro atoms. The first-order chi connectivity index (χ1) is 15.7. The van der Waals surface area contributed by atoms with Crippen molar-refractivity contribution in [1.82, 2.24) is 15.0 Å². The molecular formula is C23H22ClF3N4O2. The van der Waals surface area contributed by atoms with Crippen LogP contribution in [0.2, 0.25) is 5.02 Å². The predicted octanol–water partition coefficient (Wildman–Crippen LogP) is 6.04. The monoisotopic (exact) mass is 478 g/mol. The lowest BCUT2D eigenvalue weighted by Gasteiger charge is -2.33. The highest BCUT2D eigenvalue weighted by molar-refractivity contribution is 6.34. The van der Waals surface area contributed by atoms with Gasteiger partial charge in [-0.3, -0.25) is 4.79 Å². The highest BCUT2D eigenvalue weighted by Crippen LogP contribution is 2.30. The quantitative estimate of drug-likeness (QED) is 0.484. The zero-order valence-electron chi connectivity index (χ0n) is 17.8. The highest BCUT2D eigenvalue weighted by atomic mass is 35.5. The molecule has 1 saturated heterocycles. The van der Waals surface area contributed by atoms with Crippen LogP contribution in [0.25, 0.3) is 11.4 Å². The number of nitrogens with one attached hydrogen (secondary N) is 1. The minimum Gasteiger partial charge on any atom is -0.376 e. The number of carbonyl (C=O) groups excluding carboxylic acids is 1.